The van der Waals surface area contributed by atoms with E-state index >= 15 is 0 Å². The van der Waals surface area contributed by atoms with Crippen molar-refractivity contribution < 1.29 is 13.6 Å². The minimum Gasteiger partial charge on any atom is -0.302 e. The number of halogens is 2. The van der Waals surface area contributed by atoms with Crippen LogP contribution in [-0.4, -0.2) is 16.6 Å². The summed E-state index contributed by atoms with van der Waals surface area (Å²) in [6.07, 6.45) is 0.274. The van der Waals surface area contributed by atoms with Crippen LogP contribution in [0.25, 0.3) is 10.2 Å². The molecule has 7 heteroatoms. The van der Waals surface area contributed by atoms with Gasteiger partial charge in [0.25, 0.3) is 5.76 Å². The van der Waals surface area contributed by atoms with Crippen LogP contribution in [0.1, 0.15) is 23.5 Å². The van der Waals surface area contributed by atoms with E-state index in [1.807, 2.05) is 60.7 Å². The van der Waals surface area contributed by atoms with Gasteiger partial charge in [-0.25, -0.2) is 4.98 Å². The summed E-state index contributed by atoms with van der Waals surface area (Å²) in [4.78, 5) is 17.7. The number of nitrogens with zero attached hydrogens (tertiary/aromatic N) is 1. The van der Waals surface area contributed by atoms with E-state index in [0.29, 0.717) is 27.3 Å². The van der Waals surface area contributed by atoms with Gasteiger partial charge in [0.05, 0.1) is 10.2 Å². The van der Waals surface area contributed by atoms with Crippen LogP contribution >= 0.6 is 23.1 Å². The van der Waals surface area contributed by atoms with Crippen LogP contribution in [0.3, 0.4) is 0 Å². The van der Waals surface area contributed by atoms with Gasteiger partial charge in [0.15, 0.2) is 5.13 Å². The van der Waals surface area contributed by atoms with E-state index in [4.69, 9.17) is 0 Å². The lowest BCUT2D eigenvalue weighted by Gasteiger charge is -2.17. The Bertz CT molecular complexity index is 1090. The van der Waals surface area contributed by atoms with E-state index in [1.54, 1.807) is 18.2 Å². The lowest BCUT2D eigenvalue weighted by molar-refractivity contribution is -0.116. The average molecular weight is 441 g/mol. The van der Waals surface area contributed by atoms with Crippen LogP contribution < -0.4 is 5.32 Å². The molecule has 0 aliphatic rings. The SMILES string of the molecule is O=C(CC(c1ccccc1)c1ccccc1)Nc1nc2ccc(SC(F)F)cc2s1. The van der Waals surface area contributed by atoms with E-state index in [9.17, 15) is 13.6 Å². The summed E-state index contributed by atoms with van der Waals surface area (Å²) in [5, 5.41) is 3.34. The second-order valence-corrected chi connectivity index (χ2v) is 8.75. The molecule has 0 fully saturated rings. The normalized spacial score (nSPS) is 11.3. The molecule has 0 unspecified atom stereocenters. The molecule has 3 aromatic carbocycles. The van der Waals surface area contributed by atoms with Crippen molar-refractivity contribution in [2.75, 3.05) is 5.32 Å². The van der Waals surface area contributed by atoms with E-state index in [2.05, 4.69) is 10.3 Å². The molecule has 0 aliphatic carbocycles. The molecule has 30 heavy (non-hydrogen) atoms. The predicted octanol–water partition coefficient (Wildman–Crippen LogP) is 6.77. The number of amides is 1. The van der Waals surface area contributed by atoms with Crippen molar-refractivity contribution in [1.29, 1.82) is 0 Å². The largest absolute Gasteiger partial charge is 0.302 e. The Morgan fingerprint density at radius 1 is 0.967 bits per heavy atom. The van der Waals surface area contributed by atoms with Crippen LogP contribution in [0.4, 0.5) is 13.9 Å². The number of rotatable bonds is 7. The van der Waals surface area contributed by atoms with Crippen LogP contribution in [0.5, 0.6) is 0 Å². The van der Waals surface area contributed by atoms with E-state index in [1.165, 1.54) is 11.3 Å². The van der Waals surface area contributed by atoms with E-state index < -0.39 is 5.76 Å². The molecule has 152 valence electrons. The number of benzene rings is 3. The van der Waals surface area contributed by atoms with Crippen LogP contribution in [0.2, 0.25) is 0 Å². The minimum absolute atomic E-state index is 0.0733. The molecule has 4 rings (SSSR count). The van der Waals surface area contributed by atoms with Gasteiger partial charge >= 0.3 is 0 Å². The third kappa shape index (κ3) is 5.04. The maximum Gasteiger partial charge on any atom is 0.288 e. The molecule has 0 aliphatic heterocycles. The summed E-state index contributed by atoms with van der Waals surface area (Å²) in [7, 11) is 0. The number of hydrogen-bond donors (Lipinski definition) is 1. The molecule has 1 N–H and O–H groups in total. The minimum atomic E-state index is -2.47. The molecule has 0 radical (unpaired) electrons. The molecule has 0 spiro atoms. The Morgan fingerprint density at radius 2 is 1.60 bits per heavy atom. The summed E-state index contributed by atoms with van der Waals surface area (Å²) in [5.74, 6) is -2.69. The Labute approximate surface area is 181 Å². The first-order chi connectivity index (χ1) is 14.6. The molecular weight excluding hydrogens is 422 g/mol. The third-order valence-corrected chi connectivity index (χ3v) is 6.26. The molecule has 1 heterocycles. The van der Waals surface area contributed by atoms with Crippen LogP contribution in [0.15, 0.2) is 83.8 Å². The number of anilines is 1. The van der Waals surface area contributed by atoms with Gasteiger partial charge in [-0.2, -0.15) is 8.78 Å². The zero-order valence-corrected chi connectivity index (χ0v) is 17.4. The van der Waals surface area contributed by atoms with Gasteiger partial charge in [0, 0.05) is 17.2 Å². The lowest BCUT2D eigenvalue weighted by Crippen LogP contribution is -2.16. The topological polar surface area (TPSA) is 42.0 Å². The zero-order chi connectivity index (χ0) is 20.9. The van der Waals surface area contributed by atoms with E-state index in [0.717, 1.165) is 15.8 Å². The fraction of sp³-hybridized carbons (Fsp3) is 0.130. The number of fused-ring (bicyclic) bond motifs is 1. The number of thioether (sulfide) groups is 1. The lowest BCUT2D eigenvalue weighted by atomic mass is 9.88. The number of thiazole rings is 1. The summed E-state index contributed by atoms with van der Waals surface area (Å²) < 4.78 is 25.9. The maximum absolute atomic E-state index is 12.8. The molecule has 1 amide bonds. The standard InChI is InChI=1S/C23H18F2N2OS2/c24-22(25)29-17-11-12-19-20(13-17)30-23(26-19)27-21(28)14-18(15-7-3-1-4-8-15)16-9-5-2-6-10-16/h1-13,18,22H,14H2,(H,26,27,28). The number of nitrogens with one attached hydrogen (secondary N) is 1. The quantitative estimate of drug-likeness (QED) is 0.322. The van der Waals surface area contributed by atoms with Gasteiger partial charge in [0.2, 0.25) is 5.91 Å². The van der Waals surface area contributed by atoms with Gasteiger partial charge in [-0.1, -0.05) is 83.8 Å². The summed E-state index contributed by atoms with van der Waals surface area (Å²) in [6.45, 7) is 0. The maximum atomic E-state index is 12.8. The summed E-state index contributed by atoms with van der Waals surface area (Å²) >= 11 is 1.78. The highest BCUT2D eigenvalue weighted by atomic mass is 32.2. The molecule has 1 aromatic heterocycles. The zero-order valence-electron chi connectivity index (χ0n) is 15.8. The second kappa shape index (κ2) is 9.36. The fourth-order valence-corrected chi connectivity index (χ4v) is 4.82. The molecule has 0 saturated carbocycles. The molecular formula is C23H18F2N2OS2. The first-order valence-electron chi connectivity index (χ1n) is 9.33. The highest BCUT2D eigenvalue weighted by Crippen LogP contribution is 2.33. The summed E-state index contributed by atoms with van der Waals surface area (Å²) in [5.41, 5.74) is 2.81. The van der Waals surface area contributed by atoms with Gasteiger partial charge in [-0.3, -0.25) is 4.79 Å². The van der Waals surface area contributed by atoms with Crippen molar-refractivity contribution in [2.24, 2.45) is 0 Å². The van der Waals surface area contributed by atoms with Crippen molar-refractivity contribution in [3.05, 3.63) is 90.0 Å². The van der Waals surface area contributed by atoms with E-state index in [-0.39, 0.29) is 18.2 Å². The summed E-state index contributed by atoms with van der Waals surface area (Å²) in [6, 6.07) is 24.8. The monoisotopic (exact) mass is 440 g/mol. The van der Waals surface area contributed by atoms with Gasteiger partial charge in [-0.05, 0) is 29.3 Å². The highest BCUT2D eigenvalue weighted by Gasteiger charge is 2.19. The van der Waals surface area contributed by atoms with Crippen molar-refractivity contribution >= 4 is 44.4 Å². The van der Waals surface area contributed by atoms with Crippen molar-refractivity contribution in [3.63, 3.8) is 0 Å². The first kappa shape index (κ1) is 20.5. The second-order valence-electron chi connectivity index (χ2n) is 6.65. The molecule has 4 aromatic rings. The first-order valence-corrected chi connectivity index (χ1v) is 11.0. The third-order valence-electron chi connectivity index (χ3n) is 4.62. The highest BCUT2D eigenvalue weighted by molar-refractivity contribution is 7.99. The Kier molecular flexibility index (Phi) is 6.40. The van der Waals surface area contributed by atoms with Crippen molar-refractivity contribution in [2.45, 2.75) is 23.0 Å². The number of carbonyl (C=O) groups excluding carboxylic acids is 1. The Morgan fingerprint density at radius 3 is 2.20 bits per heavy atom. The fourth-order valence-electron chi connectivity index (χ4n) is 3.29. The Hall–Kier alpha value is -2.77. The molecule has 0 atom stereocenters. The smallest absolute Gasteiger partial charge is 0.288 e. The van der Waals surface area contributed by atoms with Crippen LogP contribution in [-0.2, 0) is 4.79 Å². The number of carbonyl (C=O) groups is 1. The Balaban J connectivity index is 1.52. The predicted molar refractivity (Wildman–Crippen MR) is 119 cm³/mol. The van der Waals surface area contributed by atoms with Crippen molar-refractivity contribution in [3.8, 4) is 0 Å². The number of hydrogen-bond acceptors (Lipinski definition) is 4. The van der Waals surface area contributed by atoms with Crippen molar-refractivity contribution in [1.82, 2.24) is 4.98 Å². The van der Waals surface area contributed by atoms with Gasteiger partial charge in [0.1, 0.15) is 0 Å². The number of aromatic nitrogens is 1. The average Bonchev–Trinajstić information content (AvgIpc) is 3.14. The van der Waals surface area contributed by atoms with Gasteiger partial charge < -0.3 is 5.32 Å². The van der Waals surface area contributed by atoms with Crippen LogP contribution in [0, 0.1) is 0 Å². The molecule has 3 nitrogen and oxygen atoms in total. The van der Waals surface area contributed by atoms with Gasteiger partial charge in [-0.15, -0.1) is 0 Å². The molecule has 0 saturated heterocycles. The molecule has 0 bridgehead atoms. The number of alkyl halides is 2.